The molecule has 1 aromatic heterocycles. The van der Waals surface area contributed by atoms with Crippen molar-refractivity contribution in [3.63, 3.8) is 0 Å². The second-order valence-corrected chi connectivity index (χ2v) is 4.73. The maximum Gasteiger partial charge on any atom is 0.162 e. The summed E-state index contributed by atoms with van der Waals surface area (Å²) in [5.41, 5.74) is 0.842. The maximum absolute atomic E-state index is 11.0. The van der Waals surface area contributed by atoms with Crippen LogP contribution in [0.15, 0.2) is 36.5 Å². The lowest BCUT2D eigenvalue weighted by atomic mass is 9.88. The van der Waals surface area contributed by atoms with Crippen molar-refractivity contribution >= 4 is 0 Å². The first-order valence-electron chi connectivity index (χ1n) is 6.43. The molecule has 19 heavy (non-hydrogen) atoms. The van der Waals surface area contributed by atoms with Crippen LogP contribution in [0.25, 0.3) is 0 Å². The van der Waals surface area contributed by atoms with Gasteiger partial charge in [0.25, 0.3) is 0 Å². The van der Waals surface area contributed by atoms with Gasteiger partial charge in [0, 0.05) is 13.5 Å². The fraction of sp³-hybridized carbons (Fsp3) is 0.400. The van der Waals surface area contributed by atoms with Crippen LogP contribution in [0.3, 0.4) is 0 Å². The van der Waals surface area contributed by atoms with E-state index in [1.165, 1.54) is 0 Å². The highest BCUT2D eigenvalue weighted by Gasteiger charge is 2.34. The number of hydrogen-bond acceptors (Lipinski definition) is 3. The predicted molar refractivity (Wildman–Crippen MR) is 74.1 cm³/mol. The number of nitrogens with zero attached hydrogens (tertiary/aromatic N) is 2. The van der Waals surface area contributed by atoms with E-state index in [0.717, 1.165) is 11.3 Å². The van der Waals surface area contributed by atoms with E-state index >= 15 is 0 Å². The van der Waals surface area contributed by atoms with Crippen LogP contribution < -0.4 is 4.74 Å². The molecule has 0 radical (unpaired) electrons. The first-order chi connectivity index (χ1) is 9.10. The average molecular weight is 260 g/mol. The number of benzene rings is 1. The van der Waals surface area contributed by atoms with Gasteiger partial charge in [-0.2, -0.15) is 5.10 Å². The van der Waals surface area contributed by atoms with Gasteiger partial charge in [-0.05, 0) is 12.0 Å². The topological polar surface area (TPSA) is 47.3 Å². The molecule has 0 aliphatic carbocycles. The Morgan fingerprint density at radius 2 is 2.00 bits per heavy atom. The molecule has 2 aromatic rings. The highest BCUT2D eigenvalue weighted by Crippen LogP contribution is 2.34. The lowest BCUT2D eigenvalue weighted by molar-refractivity contribution is 0.0222. The summed E-state index contributed by atoms with van der Waals surface area (Å²) in [5.74, 6) is 0.628. The number of hydrogen-bond donors (Lipinski definition) is 1. The molecule has 0 bridgehead atoms. The van der Waals surface area contributed by atoms with Gasteiger partial charge in [0.15, 0.2) is 5.75 Å². The largest absolute Gasteiger partial charge is 0.493 e. The molecule has 0 spiro atoms. The predicted octanol–water partition coefficient (Wildman–Crippen LogP) is 2.27. The van der Waals surface area contributed by atoms with E-state index < -0.39 is 5.60 Å². The van der Waals surface area contributed by atoms with E-state index in [1.54, 1.807) is 18.0 Å². The molecule has 1 atom stereocenters. The quantitative estimate of drug-likeness (QED) is 0.897. The molecular formula is C15H20N2O2. The van der Waals surface area contributed by atoms with Crippen molar-refractivity contribution in [1.82, 2.24) is 9.78 Å². The van der Waals surface area contributed by atoms with Gasteiger partial charge in [0.05, 0.1) is 13.3 Å². The van der Waals surface area contributed by atoms with Crippen LogP contribution in [0.1, 0.15) is 24.6 Å². The summed E-state index contributed by atoms with van der Waals surface area (Å²) in [7, 11) is 3.42. The van der Waals surface area contributed by atoms with Gasteiger partial charge < -0.3 is 9.84 Å². The Morgan fingerprint density at radius 1 is 1.32 bits per heavy atom. The first-order valence-corrected chi connectivity index (χ1v) is 6.43. The zero-order valence-electron chi connectivity index (χ0n) is 11.6. The summed E-state index contributed by atoms with van der Waals surface area (Å²) >= 11 is 0. The van der Waals surface area contributed by atoms with Gasteiger partial charge in [0.1, 0.15) is 11.3 Å². The third kappa shape index (κ3) is 2.63. The third-order valence-corrected chi connectivity index (χ3v) is 3.49. The molecule has 0 aliphatic heterocycles. The fourth-order valence-electron chi connectivity index (χ4n) is 2.41. The number of aryl methyl sites for hydroxylation is 1. The molecule has 1 unspecified atom stereocenters. The summed E-state index contributed by atoms with van der Waals surface area (Å²) in [5, 5.41) is 15.2. The van der Waals surface area contributed by atoms with E-state index in [2.05, 4.69) is 5.10 Å². The third-order valence-electron chi connectivity index (χ3n) is 3.49. The molecule has 0 amide bonds. The first kappa shape index (κ1) is 13.6. The molecule has 0 aliphatic rings. The SMILES string of the molecule is CCC(O)(Cc1ccccc1)c1c(OC)cnn1C. The normalized spacial score (nSPS) is 14.1. The number of rotatable bonds is 5. The van der Waals surface area contributed by atoms with Crippen LogP contribution in [0.4, 0.5) is 0 Å². The molecule has 4 heteroatoms. The molecule has 102 valence electrons. The zero-order chi connectivity index (χ0) is 13.9. The lowest BCUT2D eigenvalue weighted by Crippen LogP contribution is -2.31. The second kappa shape index (κ2) is 5.45. The molecule has 1 N–H and O–H groups in total. The summed E-state index contributed by atoms with van der Waals surface area (Å²) in [6, 6.07) is 9.96. The van der Waals surface area contributed by atoms with Crippen molar-refractivity contribution in [2.75, 3.05) is 7.11 Å². The highest BCUT2D eigenvalue weighted by atomic mass is 16.5. The van der Waals surface area contributed by atoms with E-state index in [0.29, 0.717) is 18.6 Å². The van der Waals surface area contributed by atoms with Crippen LogP contribution in [0, 0.1) is 0 Å². The van der Waals surface area contributed by atoms with Crippen LogP contribution >= 0.6 is 0 Å². The van der Waals surface area contributed by atoms with Gasteiger partial charge in [-0.25, -0.2) is 0 Å². The van der Waals surface area contributed by atoms with E-state index in [-0.39, 0.29) is 0 Å². The summed E-state index contributed by atoms with van der Waals surface area (Å²) < 4.78 is 6.99. The molecule has 4 nitrogen and oxygen atoms in total. The van der Waals surface area contributed by atoms with Crippen molar-refractivity contribution in [3.05, 3.63) is 47.8 Å². The van der Waals surface area contributed by atoms with Crippen LogP contribution in [-0.4, -0.2) is 22.0 Å². The van der Waals surface area contributed by atoms with Crippen molar-refractivity contribution < 1.29 is 9.84 Å². The summed E-state index contributed by atoms with van der Waals surface area (Å²) in [6.07, 6.45) is 2.78. The average Bonchev–Trinajstić information content (AvgIpc) is 2.81. The van der Waals surface area contributed by atoms with Crippen molar-refractivity contribution in [2.24, 2.45) is 7.05 Å². The zero-order valence-corrected chi connectivity index (χ0v) is 11.6. The Bertz CT molecular complexity index is 536. The fourth-order valence-corrected chi connectivity index (χ4v) is 2.41. The van der Waals surface area contributed by atoms with Gasteiger partial charge >= 0.3 is 0 Å². The Kier molecular flexibility index (Phi) is 3.90. The second-order valence-electron chi connectivity index (χ2n) is 4.73. The molecule has 0 fully saturated rings. The summed E-state index contributed by atoms with van der Waals surface area (Å²) in [4.78, 5) is 0. The van der Waals surface area contributed by atoms with Gasteiger partial charge in [-0.15, -0.1) is 0 Å². The number of aliphatic hydroxyl groups is 1. The minimum absolute atomic E-state index is 0.542. The molecule has 0 saturated heterocycles. The van der Waals surface area contributed by atoms with Gasteiger partial charge in [-0.1, -0.05) is 37.3 Å². The smallest absolute Gasteiger partial charge is 0.162 e. The minimum atomic E-state index is -0.974. The van der Waals surface area contributed by atoms with E-state index in [4.69, 9.17) is 4.74 Å². The Balaban J connectivity index is 2.39. The molecule has 2 rings (SSSR count). The molecule has 1 aromatic carbocycles. The van der Waals surface area contributed by atoms with Crippen molar-refractivity contribution in [3.8, 4) is 5.75 Å². The Morgan fingerprint density at radius 3 is 2.58 bits per heavy atom. The maximum atomic E-state index is 11.0. The number of methoxy groups -OCH3 is 1. The summed E-state index contributed by atoms with van der Waals surface area (Å²) in [6.45, 7) is 1.97. The molecule has 1 heterocycles. The van der Waals surface area contributed by atoms with Crippen LogP contribution in [-0.2, 0) is 19.1 Å². The van der Waals surface area contributed by atoms with Gasteiger partial charge in [-0.3, -0.25) is 4.68 Å². The number of ether oxygens (including phenoxy) is 1. The van der Waals surface area contributed by atoms with Gasteiger partial charge in [0.2, 0.25) is 0 Å². The van der Waals surface area contributed by atoms with Crippen molar-refractivity contribution in [2.45, 2.75) is 25.4 Å². The van der Waals surface area contributed by atoms with Crippen LogP contribution in [0.5, 0.6) is 5.75 Å². The van der Waals surface area contributed by atoms with E-state index in [1.807, 2.05) is 44.3 Å². The Hall–Kier alpha value is -1.81. The van der Waals surface area contributed by atoms with Crippen LogP contribution in [0.2, 0.25) is 0 Å². The highest BCUT2D eigenvalue weighted by molar-refractivity contribution is 5.32. The minimum Gasteiger partial charge on any atom is -0.493 e. The van der Waals surface area contributed by atoms with Crippen molar-refractivity contribution in [1.29, 1.82) is 0 Å². The monoisotopic (exact) mass is 260 g/mol. The molecule has 0 saturated carbocycles. The standard InChI is InChI=1S/C15H20N2O2/c1-4-15(18,10-12-8-6-5-7-9-12)14-13(19-3)11-16-17(14)2/h5-9,11,18H,4,10H2,1-3H3. The lowest BCUT2D eigenvalue weighted by Gasteiger charge is -2.28. The number of aromatic nitrogens is 2. The Labute approximate surface area is 113 Å². The van der Waals surface area contributed by atoms with E-state index in [9.17, 15) is 5.11 Å². The molecular weight excluding hydrogens is 240 g/mol.